The number of ketones is 1. The molecule has 0 amide bonds. The van der Waals surface area contributed by atoms with E-state index in [0.717, 1.165) is 22.4 Å². The van der Waals surface area contributed by atoms with E-state index in [2.05, 4.69) is 10.3 Å². The Morgan fingerprint density at radius 2 is 1.80 bits per heavy atom. The van der Waals surface area contributed by atoms with Gasteiger partial charge in [-0.05, 0) is 78.9 Å². The lowest BCUT2D eigenvalue weighted by Gasteiger charge is -2.20. The number of carbonyl (C=O) groups is 2. The maximum Gasteiger partial charge on any atom is 0.416 e. The zero-order valence-electron chi connectivity index (χ0n) is 21.3. The van der Waals surface area contributed by atoms with E-state index in [9.17, 15) is 32.7 Å². The monoisotopic (exact) mass is 585 g/mol. The Hall–Kier alpha value is -4.25. The van der Waals surface area contributed by atoms with Crippen LogP contribution in [-0.2, 0) is 24.1 Å². The number of rotatable bonds is 8. The number of hydrogen-bond donors (Lipinski definition) is 1. The molecule has 0 unspecified atom stereocenters. The first-order valence-electron chi connectivity index (χ1n) is 12.7. The number of nitrogens with zero attached hydrogens (tertiary/aromatic N) is 3. The van der Waals surface area contributed by atoms with E-state index < -0.39 is 41.0 Å². The molecule has 0 bridgehead atoms. The van der Waals surface area contributed by atoms with E-state index in [0.29, 0.717) is 28.8 Å². The molecule has 0 saturated heterocycles. The normalized spacial score (nSPS) is 18.9. The zero-order valence-corrected chi connectivity index (χ0v) is 22.1. The van der Waals surface area contributed by atoms with Gasteiger partial charge in [0.1, 0.15) is 17.9 Å². The van der Waals surface area contributed by atoms with E-state index in [-0.39, 0.29) is 36.3 Å². The van der Waals surface area contributed by atoms with Gasteiger partial charge in [0.15, 0.2) is 5.78 Å². The van der Waals surface area contributed by atoms with Gasteiger partial charge in [-0.25, -0.2) is 4.68 Å². The van der Waals surface area contributed by atoms with Crippen molar-refractivity contribution < 1.29 is 32.6 Å². The van der Waals surface area contributed by atoms with Gasteiger partial charge in [0.05, 0.1) is 23.4 Å². The van der Waals surface area contributed by atoms with Crippen molar-refractivity contribution in [2.75, 3.05) is 0 Å². The number of carboxylic acid groups (broad SMARTS) is 1. The number of halogens is 4. The number of fused-ring (bicyclic) bond motifs is 1. The second kappa shape index (κ2) is 11.3. The first kappa shape index (κ1) is 28.3. The van der Waals surface area contributed by atoms with Crippen LogP contribution in [0.5, 0.6) is 5.75 Å². The third-order valence-corrected chi connectivity index (χ3v) is 7.54. The summed E-state index contributed by atoms with van der Waals surface area (Å²) in [6, 6.07) is 16.2. The van der Waals surface area contributed by atoms with Gasteiger partial charge in [-0.1, -0.05) is 28.9 Å². The Bertz CT molecular complexity index is 1670. The Morgan fingerprint density at radius 1 is 1.05 bits per heavy atom. The SMILES string of the molecule is O=C(O)[C@H]1[C@H](Cn2nnc3ccc(C(F)(F)F)cc3c2=O)CC[C@@H]1C(=O)c1ccc(OCc2cccc(Cl)c2)cc1. The molecular weight excluding hydrogens is 563 g/mol. The molecule has 3 aromatic carbocycles. The van der Waals surface area contributed by atoms with Crippen molar-refractivity contribution in [1.29, 1.82) is 0 Å². The van der Waals surface area contributed by atoms with E-state index in [1.165, 1.54) is 0 Å². The molecule has 12 heteroatoms. The summed E-state index contributed by atoms with van der Waals surface area (Å²) in [4.78, 5) is 38.6. The van der Waals surface area contributed by atoms with Crippen molar-refractivity contribution in [3.05, 3.63) is 98.8 Å². The number of hydrogen-bond acceptors (Lipinski definition) is 6. The van der Waals surface area contributed by atoms with Gasteiger partial charge in [-0.2, -0.15) is 13.2 Å². The van der Waals surface area contributed by atoms with Crippen LogP contribution < -0.4 is 10.3 Å². The predicted octanol–water partition coefficient (Wildman–Crippen LogP) is 5.65. The van der Waals surface area contributed by atoms with Crippen LogP contribution in [0, 0.1) is 17.8 Å². The van der Waals surface area contributed by atoms with Gasteiger partial charge in [0, 0.05) is 16.5 Å². The Morgan fingerprint density at radius 3 is 2.49 bits per heavy atom. The minimum absolute atomic E-state index is 0.00601. The number of Topliss-reactive ketones (excluding diaryl/α,β-unsaturated/α-hetero) is 1. The third-order valence-electron chi connectivity index (χ3n) is 7.30. The molecule has 1 aromatic heterocycles. The molecule has 5 rings (SSSR count). The topological polar surface area (TPSA) is 111 Å². The number of carbonyl (C=O) groups excluding carboxylic acids is 1. The van der Waals surface area contributed by atoms with Crippen molar-refractivity contribution in [3.63, 3.8) is 0 Å². The fourth-order valence-electron chi connectivity index (χ4n) is 5.27. The zero-order chi connectivity index (χ0) is 29.3. The van der Waals surface area contributed by atoms with Gasteiger partial charge >= 0.3 is 12.1 Å². The van der Waals surface area contributed by atoms with Gasteiger partial charge < -0.3 is 9.84 Å². The Labute approximate surface area is 236 Å². The molecule has 0 radical (unpaired) electrons. The molecule has 4 aromatic rings. The van der Waals surface area contributed by atoms with Gasteiger partial charge in [-0.15, -0.1) is 5.10 Å². The van der Waals surface area contributed by atoms with Crippen LogP contribution in [0.4, 0.5) is 13.2 Å². The fourth-order valence-corrected chi connectivity index (χ4v) is 5.48. The van der Waals surface area contributed by atoms with Crippen LogP contribution >= 0.6 is 11.6 Å². The number of carboxylic acids is 1. The summed E-state index contributed by atoms with van der Waals surface area (Å²) in [7, 11) is 0. The third kappa shape index (κ3) is 6.09. The van der Waals surface area contributed by atoms with Crippen LogP contribution in [0.15, 0.2) is 71.5 Å². The maximum absolute atomic E-state index is 13.3. The number of aromatic nitrogens is 3. The predicted molar refractivity (Wildman–Crippen MR) is 143 cm³/mol. The van der Waals surface area contributed by atoms with Crippen molar-refractivity contribution in [2.45, 2.75) is 32.2 Å². The second-order valence-corrected chi connectivity index (χ2v) is 10.4. The average Bonchev–Trinajstić information content (AvgIpc) is 3.36. The first-order valence-corrected chi connectivity index (χ1v) is 13.1. The number of ether oxygens (including phenoxy) is 1. The maximum atomic E-state index is 13.3. The smallest absolute Gasteiger partial charge is 0.416 e. The highest BCUT2D eigenvalue weighted by Crippen LogP contribution is 2.40. The lowest BCUT2D eigenvalue weighted by molar-refractivity contribution is -0.144. The van der Waals surface area contributed by atoms with Crippen LogP contribution in [0.2, 0.25) is 5.02 Å². The van der Waals surface area contributed by atoms with Crippen molar-refractivity contribution in [2.24, 2.45) is 17.8 Å². The molecule has 1 aliphatic rings. The van der Waals surface area contributed by atoms with Gasteiger partial charge in [-0.3, -0.25) is 14.4 Å². The van der Waals surface area contributed by atoms with E-state index in [1.54, 1.807) is 36.4 Å². The molecule has 1 fully saturated rings. The largest absolute Gasteiger partial charge is 0.489 e. The van der Waals surface area contributed by atoms with Crippen molar-refractivity contribution in [1.82, 2.24) is 15.0 Å². The number of aliphatic carboxylic acids is 1. The van der Waals surface area contributed by atoms with Crippen molar-refractivity contribution >= 4 is 34.3 Å². The molecule has 1 saturated carbocycles. The lowest BCUT2D eigenvalue weighted by atomic mass is 9.84. The highest BCUT2D eigenvalue weighted by Gasteiger charge is 2.45. The summed E-state index contributed by atoms with van der Waals surface area (Å²) in [5, 5.41) is 18.0. The second-order valence-electron chi connectivity index (χ2n) is 9.92. The van der Waals surface area contributed by atoms with E-state index >= 15 is 0 Å². The van der Waals surface area contributed by atoms with Gasteiger partial charge in [0.25, 0.3) is 5.56 Å². The standard InChI is InChI=1S/C29H23ClF3N3O5/c30-20-3-1-2-16(12-20)15-41-21-8-4-17(5-9-21)26(37)22-10-6-18(25(22)28(39)40)14-36-27(38)23-13-19(29(31,32)33)7-11-24(23)34-35-36/h1-5,7-9,11-13,18,22,25H,6,10,14-15H2,(H,39,40)/t18-,22-,25-/m0/s1. The van der Waals surface area contributed by atoms with E-state index in [4.69, 9.17) is 16.3 Å². The molecule has 0 spiro atoms. The molecule has 8 nitrogen and oxygen atoms in total. The lowest BCUT2D eigenvalue weighted by Crippen LogP contribution is -2.34. The molecular formula is C29H23ClF3N3O5. The minimum Gasteiger partial charge on any atom is -0.489 e. The summed E-state index contributed by atoms with van der Waals surface area (Å²) in [6.07, 6.45) is -4.08. The Balaban J connectivity index is 1.31. The van der Waals surface area contributed by atoms with Crippen LogP contribution in [0.3, 0.4) is 0 Å². The number of benzene rings is 3. The quantitative estimate of drug-likeness (QED) is 0.266. The molecule has 1 N–H and O–H groups in total. The summed E-state index contributed by atoms with van der Waals surface area (Å²) in [5.74, 6) is -3.66. The number of alkyl halides is 3. The van der Waals surface area contributed by atoms with Crippen LogP contribution in [-0.4, -0.2) is 31.9 Å². The summed E-state index contributed by atoms with van der Waals surface area (Å²) < 4.78 is 46.1. The highest BCUT2D eigenvalue weighted by atomic mass is 35.5. The van der Waals surface area contributed by atoms with Gasteiger partial charge in [0.2, 0.25) is 0 Å². The van der Waals surface area contributed by atoms with Crippen LogP contribution in [0.25, 0.3) is 10.9 Å². The summed E-state index contributed by atoms with van der Waals surface area (Å²) in [6.45, 7) is 0.0723. The van der Waals surface area contributed by atoms with E-state index in [1.807, 2.05) is 12.1 Å². The Kier molecular flexibility index (Phi) is 7.81. The average molecular weight is 586 g/mol. The van der Waals surface area contributed by atoms with Crippen LogP contribution in [0.1, 0.15) is 34.3 Å². The molecule has 1 aliphatic carbocycles. The highest BCUT2D eigenvalue weighted by molar-refractivity contribution is 6.30. The summed E-state index contributed by atoms with van der Waals surface area (Å²) in [5.41, 5.74) is -0.631. The first-order chi connectivity index (χ1) is 19.5. The molecule has 212 valence electrons. The van der Waals surface area contributed by atoms with Crippen molar-refractivity contribution in [3.8, 4) is 5.75 Å². The molecule has 0 aliphatic heterocycles. The summed E-state index contributed by atoms with van der Waals surface area (Å²) >= 11 is 5.99. The fraction of sp³-hybridized carbons (Fsp3) is 0.276. The minimum atomic E-state index is -4.65. The molecule has 41 heavy (non-hydrogen) atoms. The molecule has 1 heterocycles. The molecule has 3 atom stereocenters.